The highest BCUT2D eigenvalue weighted by Crippen LogP contribution is 2.44. The van der Waals surface area contributed by atoms with Crippen molar-refractivity contribution in [2.75, 3.05) is 98.1 Å². The minimum absolute atomic E-state index is 0.138. The van der Waals surface area contributed by atoms with E-state index in [1.807, 2.05) is 237 Å². The van der Waals surface area contributed by atoms with Crippen LogP contribution in [0.3, 0.4) is 0 Å². The second-order valence-electron chi connectivity index (χ2n) is 30.9. The van der Waals surface area contributed by atoms with Gasteiger partial charge in [0, 0.05) is 78.2 Å². The number of amides is 6. The molecule has 6 amide bonds. The van der Waals surface area contributed by atoms with Crippen LogP contribution in [0.25, 0.3) is 22.3 Å². The Bertz CT molecular complexity index is 5380. The van der Waals surface area contributed by atoms with Crippen molar-refractivity contribution in [1.82, 2.24) is 29.4 Å². The standard InChI is InChI=1S/2C29H31N5O3.C18H19N3O2.C17H17F2N3/c1-37-25-15-9-8-14-24(25)31-28(36)33-18-16-21(17-19-33)20-34-26(35)29(32-27(34)30,22-10-4-2-5-11-22)23-12-6-3-7-13-23;1-37-25-14-8-13-24(19-25)31-28(36)33-17-15-21(16-18-33)20-34-26(35)29(32-27(34)30,22-9-4-2-5-10-22)23-11-6-3-7-12-23;1-18(10-21(2)17(19)20-18)14-5-3-4-12(8-14)13-6-7-15-16(9-13)23-11-22-15;1-17(10-22(2)16(20)21-17)13-5-3-4-11(8-13)12-6-7-14(18)15(19)9-12/h2-15,21H,16-20H2,1H3,(H2,30,32)(H,31,36);2-14,19,21H,15-18,20H2,1H3,(H2,30,32)(H,31,36);3-9H,10-11H2,1-2H3,(H2,19,20);3-9H,10H2,1-2H3,(H2,20,21). The predicted octanol–water partition coefficient (Wildman–Crippen LogP) is 13.7. The molecule has 10 aromatic carbocycles. The Labute approximate surface area is 691 Å². The number of likely N-dealkylation sites (N-methyl/N-ethyl adjacent to an activating group) is 2. The Morgan fingerprint density at radius 2 is 0.849 bits per heavy atom. The fraction of sp³-hybridized carbons (Fsp3) is 0.269. The number of nitrogens with one attached hydrogen (secondary N) is 2. The summed E-state index contributed by atoms with van der Waals surface area (Å²) < 4.78 is 47.9. The van der Waals surface area contributed by atoms with Gasteiger partial charge in [0.05, 0.1) is 19.9 Å². The smallest absolute Gasteiger partial charge is 0.321 e. The Morgan fingerprint density at radius 3 is 1.29 bits per heavy atom. The molecule has 119 heavy (non-hydrogen) atoms. The van der Waals surface area contributed by atoms with Crippen molar-refractivity contribution in [3.63, 3.8) is 0 Å². The molecule has 17 rings (SSSR count). The van der Waals surface area contributed by atoms with Crippen molar-refractivity contribution in [2.24, 2.45) is 54.7 Å². The molecule has 2 fully saturated rings. The molecule has 10 aromatic rings. The highest BCUT2D eigenvalue weighted by Gasteiger charge is 2.53. The quantitative estimate of drug-likeness (QED) is 0.0524. The zero-order valence-corrected chi connectivity index (χ0v) is 67.4. The number of nitrogens with two attached hydrogens (primary N) is 4. The number of hydrogen-bond donors (Lipinski definition) is 6. The van der Waals surface area contributed by atoms with Crippen LogP contribution in [0.1, 0.15) is 72.9 Å². The maximum absolute atomic E-state index is 14.0. The molecule has 0 spiro atoms. The minimum atomic E-state index is -1.19. The molecule has 612 valence electrons. The molecule has 2 atom stereocenters. The van der Waals surface area contributed by atoms with Crippen molar-refractivity contribution in [3.8, 4) is 45.3 Å². The topological polar surface area (TPSA) is 302 Å². The second-order valence-corrected chi connectivity index (χ2v) is 30.9. The lowest BCUT2D eigenvalue weighted by Crippen LogP contribution is -2.48. The predicted molar refractivity (Wildman–Crippen MR) is 460 cm³/mol. The van der Waals surface area contributed by atoms with Crippen LogP contribution in [-0.4, -0.2) is 165 Å². The molecular formula is C93H98F2N16O8. The van der Waals surface area contributed by atoms with E-state index in [-0.39, 0.29) is 60.0 Å². The SMILES string of the molecule is CN1CC(C)(c2cccc(-c3ccc(F)c(F)c3)c2)N=C1N.CN1CC(C)(c2cccc(-c3ccc4c(c3)OCO4)c2)N=C1N.COc1cccc(NC(=O)N2CCC(CN3C(=O)C(c4ccccc4)(c4ccccc4)N=C3N)CC2)c1.COc1ccccc1NC(=O)N1CCC(CN2C(=O)C(c3ccccc3)(c3ccccc3)N=C2N)CC1. The number of para-hydroxylation sites is 2. The van der Waals surface area contributed by atoms with E-state index in [1.54, 1.807) is 46.0 Å². The van der Waals surface area contributed by atoms with Gasteiger partial charge in [-0.3, -0.25) is 19.4 Å². The number of aliphatic imine (C=N–C) groups is 4. The molecule has 2 saturated heterocycles. The number of rotatable bonds is 16. The Hall–Kier alpha value is -13.8. The van der Waals surface area contributed by atoms with E-state index in [1.165, 1.54) is 6.07 Å². The molecule has 0 radical (unpaired) electrons. The molecule has 0 saturated carbocycles. The fourth-order valence-corrected chi connectivity index (χ4v) is 16.3. The maximum atomic E-state index is 14.0. The Balaban J connectivity index is 0.000000134. The number of carbonyl (C=O) groups is 4. The van der Waals surface area contributed by atoms with Gasteiger partial charge in [0.25, 0.3) is 11.8 Å². The number of halogens is 2. The van der Waals surface area contributed by atoms with Crippen LogP contribution in [0.5, 0.6) is 23.0 Å². The summed E-state index contributed by atoms with van der Waals surface area (Å²) >= 11 is 0. The number of carbonyl (C=O) groups excluding carboxylic acids is 4. The number of piperidine rings is 2. The summed E-state index contributed by atoms with van der Waals surface area (Å²) in [7, 11) is 7.03. The van der Waals surface area contributed by atoms with Gasteiger partial charge in [-0.2, -0.15) is 0 Å². The van der Waals surface area contributed by atoms with Crippen LogP contribution in [-0.2, 0) is 31.7 Å². The summed E-state index contributed by atoms with van der Waals surface area (Å²) in [6.45, 7) is 9.19. The van der Waals surface area contributed by atoms with E-state index in [2.05, 4.69) is 51.8 Å². The first kappa shape index (κ1) is 81.8. The van der Waals surface area contributed by atoms with Gasteiger partial charge >= 0.3 is 12.1 Å². The van der Waals surface area contributed by atoms with Gasteiger partial charge in [-0.1, -0.05) is 188 Å². The molecule has 0 aromatic heterocycles. The molecular weight excluding hydrogens is 1510 g/mol. The van der Waals surface area contributed by atoms with Crippen LogP contribution < -0.4 is 52.5 Å². The molecule has 26 heteroatoms. The zero-order chi connectivity index (χ0) is 83.6. The van der Waals surface area contributed by atoms with Gasteiger partial charge in [0.1, 0.15) is 22.6 Å². The first-order chi connectivity index (χ1) is 57.5. The van der Waals surface area contributed by atoms with Gasteiger partial charge in [-0.25, -0.2) is 38.3 Å². The van der Waals surface area contributed by atoms with Crippen LogP contribution in [0, 0.1) is 23.5 Å². The first-order valence-corrected chi connectivity index (χ1v) is 39.6. The first-order valence-electron chi connectivity index (χ1n) is 39.6. The number of benzene rings is 10. The van der Waals surface area contributed by atoms with E-state index in [0.717, 1.165) is 99.9 Å². The van der Waals surface area contributed by atoms with Crippen molar-refractivity contribution in [1.29, 1.82) is 0 Å². The second kappa shape index (κ2) is 35.4. The normalized spacial score (nSPS) is 19.1. The summed E-state index contributed by atoms with van der Waals surface area (Å²) in [5.41, 5.74) is 31.8. The van der Waals surface area contributed by atoms with Gasteiger partial charge in [-0.15, -0.1) is 0 Å². The lowest BCUT2D eigenvalue weighted by molar-refractivity contribution is -0.131. The number of anilines is 2. The zero-order valence-electron chi connectivity index (χ0n) is 67.4. The Morgan fingerprint density at radius 1 is 0.437 bits per heavy atom. The summed E-state index contributed by atoms with van der Waals surface area (Å²) in [6.07, 6.45) is 3.07. The third-order valence-corrected chi connectivity index (χ3v) is 22.9. The third-order valence-electron chi connectivity index (χ3n) is 22.9. The van der Waals surface area contributed by atoms with Crippen molar-refractivity contribution < 1.29 is 46.9 Å². The monoisotopic (exact) mass is 1600 g/mol. The van der Waals surface area contributed by atoms with Crippen molar-refractivity contribution >= 4 is 59.1 Å². The number of guanidine groups is 4. The van der Waals surface area contributed by atoms with E-state index >= 15 is 0 Å². The van der Waals surface area contributed by atoms with Crippen LogP contribution >= 0.6 is 0 Å². The van der Waals surface area contributed by atoms with Crippen LogP contribution in [0.2, 0.25) is 0 Å². The lowest BCUT2D eigenvalue weighted by Gasteiger charge is -2.34. The number of hydrogen-bond acceptors (Lipinski definition) is 18. The molecule has 0 bridgehead atoms. The summed E-state index contributed by atoms with van der Waals surface area (Å²) in [5.74, 6) is 2.89. The molecule has 2 unspecified atom stereocenters. The molecule has 7 aliphatic heterocycles. The van der Waals surface area contributed by atoms with Gasteiger partial charge < -0.3 is 72.1 Å². The van der Waals surface area contributed by atoms with Crippen LogP contribution in [0.15, 0.2) is 275 Å². The largest absolute Gasteiger partial charge is 0.497 e. The molecule has 7 aliphatic rings. The average molecular weight is 1610 g/mol. The van der Waals surface area contributed by atoms with Crippen LogP contribution in [0.4, 0.5) is 29.7 Å². The van der Waals surface area contributed by atoms with E-state index < -0.39 is 28.3 Å². The summed E-state index contributed by atoms with van der Waals surface area (Å²) in [6, 6.07) is 78.7. The van der Waals surface area contributed by atoms with Gasteiger partial charge in [0.2, 0.25) is 6.79 Å². The minimum Gasteiger partial charge on any atom is -0.497 e. The lowest BCUT2D eigenvalue weighted by atomic mass is 9.82. The number of methoxy groups -OCH3 is 2. The van der Waals surface area contributed by atoms with E-state index in [4.69, 9.17) is 51.9 Å². The Kier molecular flexibility index (Phi) is 24.3. The van der Waals surface area contributed by atoms with Crippen molar-refractivity contribution in [2.45, 2.75) is 61.7 Å². The molecule has 10 N–H and O–H groups in total. The molecule has 24 nitrogen and oxygen atoms in total. The van der Waals surface area contributed by atoms with Crippen molar-refractivity contribution in [3.05, 3.63) is 300 Å². The maximum Gasteiger partial charge on any atom is 0.321 e. The molecule has 0 aliphatic carbocycles. The summed E-state index contributed by atoms with van der Waals surface area (Å²) in [4.78, 5) is 83.1. The van der Waals surface area contributed by atoms with Gasteiger partial charge in [-0.05, 0) is 168 Å². The number of ether oxygens (including phenoxy) is 4. The highest BCUT2D eigenvalue weighted by atomic mass is 19.2. The third kappa shape index (κ3) is 17.5. The average Bonchev–Trinajstić information content (AvgIpc) is 1.59. The van der Waals surface area contributed by atoms with E-state index in [9.17, 15) is 28.0 Å². The van der Waals surface area contributed by atoms with E-state index in [0.29, 0.717) is 86.2 Å². The number of fused-ring (bicyclic) bond motifs is 1. The number of likely N-dealkylation sites (tertiary alicyclic amines) is 2. The number of urea groups is 2. The number of nitrogens with zero attached hydrogens (tertiary/aromatic N) is 10. The fourth-order valence-electron chi connectivity index (χ4n) is 16.3. The van der Waals surface area contributed by atoms with Gasteiger partial charge in [0.15, 0.2) is 58.0 Å². The molecule has 7 heterocycles. The summed E-state index contributed by atoms with van der Waals surface area (Å²) in [5, 5.41) is 5.88. The highest BCUT2D eigenvalue weighted by molar-refractivity contribution is 6.10.